The summed E-state index contributed by atoms with van der Waals surface area (Å²) in [5.41, 5.74) is 6.07. The van der Waals surface area contributed by atoms with Gasteiger partial charge in [-0.15, -0.1) is 0 Å². The van der Waals surface area contributed by atoms with Gasteiger partial charge in [-0.3, -0.25) is 0 Å². The maximum atomic E-state index is 11.6. The molecule has 17 heavy (non-hydrogen) atoms. The predicted octanol–water partition coefficient (Wildman–Crippen LogP) is 0.744. The molecule has 0 amide bonds. The van der Waals surface area contributed by atoms with Crippen molar-refractivity contribution in [1.82, 2.24) is 0 Å². The molecule has 0 aliphatic heterocycles. The van der Waals surface area contributed by atoms with Gasteiger partial charge in [-0.2, -0.15) is 0 Å². The number of aliphatic hydroxyl groups excluding tert-OH is 1. The zero-order chi connectivity index (χ0) is 13.2. The Bertz CT molecular complexity index is 515. The molecule has 0 fully saturated rings. The second-order valence-corrected chi connectivity index (χ2v) is 5.99. The minimum absolute atomic E-state index is 0.0357. The number of methoxy groups -OCH3 is 1. The zero-order valence-corrected chi connectivity index (χ0v) is 11.0. The van der Waals surface area contributed by atoms with Crippen LogP contribution < -0.4 is 10.5 Å². The highest BCUT2D eigenvalue weighted by molar-refractivity contribution is 7.90. The Kier molecular flexibility index (Phi) is 4.37. The number of ether oxygens (including phenoxy) is 1. The van der Waals surface area contributed by atoms with Crippen LogP contribution in [0, 0.1) is 0 Å². The number of sulfone groups is 1. The fraction of sp³-hybridized carbons (Fsp3) is 0.400. The van der Waals surface area contributed by atoms with E-state index in [1.54, 1.807) is 0 Å². The van der Waals surface area contributed by atoms with Crippen LogP contribution in [-0.2, 0) is 9.84 Å². The lowest BCUT2D eigenvalue weighted by atomic mass is 10.1. The van der Waals surface area contributed by atoms with Gasteiger partial charge in [-0.1, -0.05) is 11.6 Å². The SMILES string of the molecule is COc1c(Cl)cc(C(N)CO)cc1S(C)(=O)=O. The molecular formula is C10H14ClNO4S. The van der Waals surface area contributed by atoms with Gasteiger partial charge >= 0.3 is 0 Å². The predicted molar refractivity (Wildman–Crippen MR) is 65.1 cm³/mol. The third kappa shape index (κ3) is 3.10. The highest BCUT2D eigenvalue weighted by Crippen LogP contribution is 2.34. The van der Waals surface area contributed by atoms with Crippen molar-refractivity contribution in [2.24, 2.45) is 5.73 Å². The van der Waals surface area contributed by atoms with Gasteiger partial charge in [0.25, 0.3) is 0 Å². The molecule has 1 rings (SSSR count). The monoisotopic (exact) mass is 279 g/mol. The van der Waals surface area contributed by atoms with Crippen LogP contribution in [0.1, 0.15) is 11.6 Å². The maximum Gasteiger partial charge on any atom is 0.179 e. The van der Waals surface area contributed by atoms with Crippen molar-refractivity contribution in [2.45, 2.75) is 10.9 Å². The fourth-order valence-corrected chi connectivity index (χ4v) is 2.62. The number of halogens is 1. The third-order valence-corrected chi connectivity index (χ3v) is 3.64. The van der Waals surface area contributed by atoms with E-state index in [4.69, 9.17) is 27.2 Å². The van der Waals surface area contributed by atoms with Crippen molar-refractivity contribution >= 4 is 21.4 Å². The van der Waals surface area contributed by atoms with E-state index in [0.717, 1.165) is 6.26 Å². The van der Waals surface area contributed by atoms with Crippen LogP contribution in [0.25, 0.3) is 0 Å². The van der Waals surface area contributed by atoms with Gasteiger partial charge in [0.15, 0.2) is 15.6 Å². The number of aliphatic hydroxyl groups is 1. The molecule has 1 aromatic rings. The first-order valence-corrected chi connectivity index (χ1v) is 7.02. The highest BCUT2D eigenvalue weighted by Gasteiger charge is 2.20. The quantitative estimate of drug-likeness (QED) is 0.849. The second kappa shape index (κ2) is 5.22. The van der Waals surface area contributed by atoms with Crippen molar-refractivity contribution in [2.75, 3.05) is 20.0 Å². The molecule has 0 radical (unpaired) electrons. The van der Waals surface area contributed by atoms with Crippen LogP contribution >= 0.6 is 11.6 Å². The van der Waals surface area contributed by atoms with E-state index in [-0.39, 0.29) is 22.3 Å². The Morgan fingerprint density at radius 1 is 1.53 bits per heavy atom. The molecule has 0 saturated heterocycles. The normalized spacial score (nSPS) is 13.5. The molecule has 7 heteroatoms. The lowest BCUT2D eigenvalue weighted by molar-refractivity contribution is 0.267. The van der Waals surface area contributed by atoms with E-state index in [1.807, 2.05) is 0 Å². The lowest BCUT2D eigenvalue weighted by Crippen LogP contribution is -2.15. The Morgan fingerprint density at radius 2 is 2.12 bits per heavy atom. The fourth-order valence-electron chi connectivity index (χ4n) is 1.38. The summed E-state index contributed by atoms with van der Waals surface area (Å²) in [6.45, 7) is -0.300. The Morgan fingerprint density at radius 3 is 2.53 bits per heavy atom. The van der Waals surface area contributed by atoms with E-state index in [9.17, 15) is 8.42 Å². The van der Waals surface area contributed by atoms with Gasteiger partial charge in [0.2, 0.25) is 0 Å². The number of rotatable bonds is 4. The largest absolute Gasteiger partial charge is 0.494 e. The number of hydrogen-bond donors (Lipinski definition) is 2. The van der Waals surface area contributed by atoms with Crippen molar-refractivity contribution in [3.63, 3.8) is 0 Å². The summed E-state index contributed by atoms with van der Waals surface area (Å²) in [6, 6.07) is 2.16. The molecule has 0 bridgehead atoms. The Labute approximate surface area is 105 Å². The van der Waals surface area contributed by atoms with Gasteiger partial charge in [-0.25, -0.2) is 8.42 Å². The minimum Gasteiger partial charge on any atom is -0.494 e. The average molecular weight is 280 g/mol. The molecule has 1 unspecified atom stereocenters. The molecule has 0 aliphatic carbocycles. The first kappa shape index (κ1) is 14.2. The first-order valence-electron chi connectivity index (χ1n) is 4.75. The van der Waals surface area contributed by atoms with Crippen molar-refractivity contribution in [3.8, 4) is 5.75 Å². The van der Waals surface area contributed by atoms with Crippen molar-refractivity contribution in [1.29, 1.82) is 0 Å². The Balaban J connectivity index is 3.50. The average Bonchev–Trinajstić information content (AvgIpc) is 2.25. The van der Waals surface area contributed by atoms with Gasteiger partial charge in [0.05, 0.1) is 24.8 Å². The van der Waals surface area contributed by atoms with Gasteiger partial charge in [-0.05, 0) is 17.7 Å². The van der Waals surface area contributed by atoms with Gasteiger partial charge in [0.1, 0.15) is 4.90 Å². The van der Waals surface area contributed by atoms with E-state index < -0.39 is 15.9 Å². The summed E-state index contributed by atoms with van der Waals surface area (Å²) in [4.78, 5) is -0.0357. The molecule has 0 aliphatic rings. The highest BCUT2D eigenvalue weighted by atomic mass is 35.5. The van der Waals surface area contributed by atoms with Crippen LogP contribution in [0.5, 0.6) is 5.75 Å². The molecule has 5 nitrogen and oxygen atoms in total. The van der Waals surface area contributed by atoms with Crippen molar-refractivity contribution in [3.05, 3.63) is 22.7 Å². The Hall–Kier alpha value is -0.820. The maximum absolute atomic E-state index is 11.6. The van der Waals surface area contributed by atoms with Gasteiger partial charge in [0, 0.05) is 6.26 Å². The van der Waals surface area contributed by atoms with Crippen LogP contribution in [-0.4, -0.2) is 33.5 Å². The lowest BCUT2D eigenvalue weighted by Gasteiger charge is -2.14. The molecule has 96 valence electrons. The molecular weight excluding hydrogens is 266 g/mol. The van der Waals surface area contributed by atoms with Crippen LogP contribution in [0.2, 0.25) is 5.02 Å². The molecule has 1 aromatic carbocycles. The molecule has 0 heterocycles. The van der Waals surface area contributed by atoms with Crippen molar-refractivity contribution < 1.29 is 18.3 Å². The van der Waals surface area contributed by atoms with Crippen LogP contribution in [0.15, 0.2) is 17.0 Å². The summed E-state index contributed by atoms with van der Waals surface area (Å²) >= 11 is 5.92. The summed E-state index contributed by atoms with van der Waals surface area (Å²) in [6.07, 6.45) is 1.05. The van der Waals surface area contributed by atoms with Crippen LogP contribution in [0.3, 0.4) is 0 Å². The van der Waals surface area contributed by atoms with E-state index >= 15 is 0 Å². The third-order valence-electron chi connectivity index (χ3n) is 2.26. The number of nitrogens with two attached hydrogens (primary N) is 1. The smallest absolute Gasteiger partial charge is 0.179 e. The topological polar surface area (TPSA) is 89.6 Å². The zero-order valence-electron chi connectivity index (χ0n) is 9.47. The number of benzene rings is 1. The van der Waals surface area contributed by atoms with E-state index in [1.165, 1.54) is 19.2 Å². The molecule has 0 saturated carbocycles. The second-order valence-electron chi connectivity index (χ2n) is 3.60. The minimum atomic E-state index is -3.48. The molecule has 1 atom stereocenters. The number of hydrogen-bond acceptors (Lipinski definition) is 5. The summed E-state index contributed by atoms with van der Waals surface area (Å²) in [5, 5.41) is 9.10. The van der Waals surface area contributed by atoms with Crippen LogP contribution in [0.4, 0.5) is 0 Å². The molecule has 0 spiro atoms. The van der Waals surface area contributed by atoms with E-state index in [2.05, 4.69) is 0 Å². The summed E-state index contributed by atoms with van der Waals surface area (Å²) in [5.74, 6) is 0.0862. The summed E-state index contributed by atoms with van der Waals surface area (Å²) in [7, 11) is -2.14. The van der Waals surface area contributed by atoms with E-state index in [0.29, 0.717) is 5.56 Å². The van der Waals surface area contributed by atoms with Gasteiger partial charge < -0.3 is 15.6 Å². The molecule has 3 N–H and O–H groups in total. The first-order chi connectivity index (χ1) is 7.81. The summed E-state index contributed by atoms with van der Waals surface area (Å²) < 4.78 is 28.1. The standard InChI is InChI=1S/C10H14ClNO4S/c1-16-10-7(11)3-6(8(12)5-13)4-9(10)17(2,14)15/h3-4,8,13H,5,12H2,1-2H3. The molecule has 0 aromatic heterocycles.